The Labute approximate surface area is 142 Å². The molecule has 1 aromatic carbocycles. The van der Waals surface area contributed by atoms with Crippen molar-refractivity contribution in [1.82, 2.24) is 4.90 Å². The summed E-state index contributed by atoms with van der Waals surface area (Å²) in [6, 6.07) is 6.59. The summed E-state index contributed by atoms with van der Waals surface area (Å²) >= 11 is 3.34. The number of likely N-dealkylation sites (tertiary alicyclic amines) is 1. The molecule has 0 radical (unpaired) electrons. The highest BCUT2D eigenvalue weighted by Crippen LogP contribution is 2.29. The molecule has 0 spiro atoms. The molecule has 0 unspecified atom stereocenters. The quantitative estimate of drug-likeness (QED) is 0.801. The number of halogens is 1. The minimum Gasteiger partial charge on any atom is -0.369 e. The third kappa shape index (κ3) is 3.16. The van der Waals surface area contributed by atoms with Gasteiger partial charge in [-0.25, -0.2) is 4.90 Å². The van der Waals surface area contributed by atoms with E-state index in [2.05, 4.69) is 15.9 Å². The summed E-state index contributed by atoms with van der Waals surface area (Å²) < 4.78 is 0.886. The van der Waals surface area contributed by atoms with Crippen molar-refractivity contribution in [1.29, 1.82) is 0 Å². The van der Waals surface area contributed by atoms with E-state index in [1.165, 1.54) is 4.90 Å². The Morgan fingerprint density at radius 1 is 1.22 bits per heavy atom. The number of piperidine rings is 1. The van der Waals surface area contributed by atoms with Crippen molar-refractivity contribution in [2.24, 2.45) is 11.7 Å². The molecule has 0 saturated carbocycles. The van der Waals surface area contributed by atoms with Gasteiger partial charge in [-0.1, -0.05) is 15.9 Å². The van der Waals surface area contributed by atoms with Crippen LogP contribution < -0.4 is 10.6 Å². The minimum atomic E-state index is -0.492. The van der Waals surface area contributed by atoms with E-state index in [1.54, 1.807) is 24.3 Å². The van der Waals surface area contributed by atoms with Crippen LogP contribution in [-0.4, -0.2) is 41.8 Å². The van der Waals surface area contributed by atoms with Crippen LogP contribution in [-0.2, 0) is 14.4 Å². The van der Waals surface area contributed by atoms with Gasteiger partial charge in [0.1, 0.15) is 0 Å². The highest BCUT2D eigenvalue weighted by atomic mass is 79.9. The van der Waals surface area contributed by atoms with Gasteiger partial charge >= 0.3 is 0 Å². The lowest BCUT2D eigenvalue weighted by atomic mass is 9.96. The summed E-state index contributed by atoms with van der Waals surface area (Å²) in [4.78, 5) is 39.6. The molecule has 0 aliphatic carbocycles. The van der Waals surface area contributed by atoms with Crippen molar-refractivity contribution in [3.63, 3.8) is 0 Å². The monoisotopic (exact) mass is 379 g/mol. The average Bonchev–Trinajstić information content (AvgIpc) is 2.83. The van der Waals surface area contributed by atoms with Crippen molar-refractivity contribution in [3.8, 4) is 0 Å². The van der Waals surface area contributed by atoms with Gasteiger partial charge in [-0.15, -0.1) is 0 Å². The zero-order chi connectivity index (χ0) is 16.6. The highest BCUT2D eigenvalue weighted by Gasteiger charge is 2.44. The van der Waals surface area contributed by atoms with E-state index in [-0.39, 0.29) is 30.1 Å². The average molecular weight is 380 g/mol. The Morgan fingerprint density at radius 3 is 2.57 bits per heavy atom. The normalized spacial score (nSPS) is 25.9. The zero-order valence-electron chi connectivity index (χ0n) is 12.6. The zero-order valence-corrected chi connectivity index (χ0v) is 14.2. The molecule has 6 nitrogen and oxygen atoms in total. The maximum atomic E-state index is 12.7. The van der Waals surface area contributed by atoms with Crippen LogP contribution >= 0.6 is 15.9 Å². The number of carbonyl (C=O) groups excluding carboxylic acids is 3. The number of benzene rings is 1. The van der Waals surface area contributed by atoms with Crippen LogP contribution in [0.5, 0.6) is 0 Å². The predicted octanol–water partition coefficient (Wildman–Crippen LogP) is 1.28. The van der Waals surface area contributed by atoms with E-state index >= 15 is 0 Å². The number of nitrogens with zero attached hydrogens (tertiary/aromatic N) is 2. The molecule has 2 saturated heterocycles. The maximum absolute atomic E-state index is 12.7. The molecule has 2 atom stereocenters. The molecule has 7 heteroatoms. The molecule has 23 heavy (non-hydrogen) atoms. The number of amides is 3. The minimum absolute atomic E-state index is 0.153. The van der Waals surface area contributed by atoms with E-state index in [0.29, 0.717) is 18.8 Å². The second kappa shape index (κ2) is 6.41. The van der Waals surface area contributed by atoms with Gasteiger partial charge in [0.25, 0.3) is 5.91 Å². The first-order valence-corrected chi connectivity index (χ1v) is 8.42. The fourth-order valence-corrected chi connectivity index (χ4v) is 3.55. The lowest BCUT2D eigenvalue weighted by molar-refractivity contribution is -0.127. The molecule has 2 aliphatic heterocycles. The van der Waals surface area contributed by atoms with Crippen molar-refractivity contribution >= 4 is 39.3 Å². The standard InChI is InChI=1S/C16H18BrN3O3/c17-11-3-5-12(6-4-11)20-14(21)8-13(16(20)23)19-7-1-2-10(9-19)15(18)22/h3-6,10,13H,1-2,7-9H2,(H2,18,22)/t10-,13-/m0/s1. The molecule has 122 valence electrons. The van der Waals surface area contributed by atoms with Crippen molar-refractivity contribution in [3.05, 3.63) is 28.7 Å². The molecule has 0 aromatic heterocycles. The summed E-state index contributed by atoms with van der Waals surface area (Å²) in [5.74, 6) is -1.00. The number of imide groups is 1. The number of hydrogen-bond acceptors (Lipinski definition) is 4. The maximum Gasteiger partial charge on any atom is 0.251 e. The first-order valence-electron chi connectivity index (χ1n) is 7.63. The third-order valence-electron chi connectivity index (χ3n) is 4.50. The predicted molar refractivity (Wildman–Crippen MR) is 88.5 cm³/mol. The van der Waals surface area contributed by atoms with Gasteiger partial charge in [0, 0.05) is 11.0 Å². The second-order valence-corrected chi connectivity index (χ2v) is 6.92. The molecular formula is C16H18BrN3O3. The highest BCUT2D eigenvalue weighted by molar-refractivity contribution is 9.10. The molecule has 2 fully saturated rings. The molecule has 2 aliphatic rings. The lowest BCUT2D eigenvalue weighted by Gasteiger charge is -2.34. The molecule has 2 N–H and O–H groups in total. The first kappa shape index (κ1) is 16.1. The van der Waals surface area contributed by atoms with Crippen LogP contribution in [0.4, 0.5) is 5.69 Å². The smallest absolute Gasteiger partial charge is 0.251 e. The summed E-state index contributed by atoms with van der Waals surface area (Å²) in [6.45, 7) is 1.16. The molecular weight excluding hydrogens is 362 g/mol. The lowest BCUT2D eigenvalue weighted by Crippen LogP contribution is -2.49. The van der Waals surface area contributed by atoms with Gasteiger partial charge in [-0.2, -0.15) is 0 Å². The molecule has 1 aromatic rings. The first-order chi connectivity index (χ1) is 11.0. The van der Waals surface area contributed by atoms with Crippen molar-refractivity contribution < 1.29 is 14.4 Å². The second-order valence-electron chi connectivity index (χ2n) is 6.00. The van der Waals surface area contributed by atoms with E-state index in [4.69, 9.17) is 5.73 Å². The Kier molecular flexibility index (Phi) is 4.50. The van der Waals surface area contributed by atoms with Crippen LogP contribution in [0.2, 0.25) is 0 Å². The summed E-state index contributed by atoms with van der Waals surface area (Å²) in [7, 11) is 0. The fourth-order valence-electron chi connectivity index (χ4n) is 3.28. The van der Waals surface area contributed by atoms with Crippen LogP contribution in [0.1, 0.15) is 19.3 Å². The Bertz CT molecular complexity index is 646. The fraction of sp³-hybridized carbons (Fsp3) is 0.438. The number of carbonyl (C=O) groups is 3. The Morgan fingerprint density at radius 2 is 1.91 bits per heavy atom. The number of primary amides is 1. The van der Waals surface area contributed by atoms with Gasteiger partial charge in [-0.3, -0.25) is 19.3 Å². The van der Waals surface area contributed by atoms with Crippen molar-refractivity contribution in [2.45, 2.75) is 25.3 Å². The summed E-state index contributed by atoms with van der Waals surface area (Å²) in [5, 5.41) is 0. The van der Waals surface area contributed by atoms with E-state index in [1.807, 2.05) is 4.90 Å². The van der Waals surface area contributed by atoms with Gasteiger partial charge in [0.15, 0.2) is 0 Å². The van der Waals surface area contributed by atoms with E-state index in [9.17, 15) is 14.4 Å². The largest absolute Gasteiger partial charge is 0.369 e. The Balaban J connectivity index is 1.78. The van der Waals surface area contributed by atoms with Crippen molar-refractivity contribution in [2.75, 3.05) is 18.0 Å². The van der Waals surface area contributed by atoms with Gasteiger partial charge in [0.05, 0.1) is 24.1 Å². The van der Waals surface area contributed by atoms with Gasteiger partial charge < -0.3 is 5.73 Å². The van der Waals surface area contributed by atoms with Crippen LogP contribution in [0.15, 0.2) is 28.7 Å². The van der Waals surface area contributed by atoms with Crippen LogP contribution in [0.25, 0.3) is 0 Å². The summed E-state index contributed by atoms with van der Waals surface area (Å²) in [6.07, 6.45) is 1.71. The molecule has 3 amide bonds. The van der Waals surface area contributed by atoms with E-state index in [0.717, 1.165) is 17.3 Å². The summed E-state index contributed by atoms with van der Waals surface area (Å²) in [5.41, 5.74) is 5.97. The number of hydrogen-bond donors (Lipinski definition) is 1. The SMILES string of the molecule is NC(=O)[C@H]1CCCN([C@H]2CC(=O)N(c3ccc(Br)cc3)C2=O)C1. The number of nitrogens with two attached hydrogens (primary N) is 1. The van der Waals surface area contributed by atoms with E-state index < -0.39 is 6.04 Å². The van der Waals surface area contributed by atoms with Crippen LogP contribution in [0, 0.1) is 5.92 Å². The van der Waals surface area contributed by atoms with Gasteiger partial charge in [-0.05, 0) is 43.7 Å². The molecule has 0 bridgehead atoms. The Hall–Kier alpha value is -1.73. The molecule has 2 heterocycles. The topological polar surface area (TPSA) is 83.7 Å². The molecule has 3 rings (SSSR count). The third-order valence-corrected chi connectivity index (χ3v) is 5.03. The number of rotatable bonds is 3. The number of anilines is 1. The van der Waals surface area contributed by atoms with Crippen LogP contribution in [0.3, 0.4) is 0 Å². The van der Waals surface area contributed by atoms with Gasteiger partial charge in [0.2, 0.25) is 11.8 Å².